The fourth-order valence-electron chi connectivity index (χ4n) is 6.33. The van der Waals surface area contributed by atoms with Crippen LogP contribution in [0.4, 0.5) is 5.69 Å². The Morgan fingerprint density at radius 1 is 0.833 bits per heavy atom. The zero-order valence-electron chi connectivity index (χ0n) is 19.8. The van der Waals surface area contributed by atoms with Crippen molar-refractivity contribution in [1.82, 2.24) is 4.90 Å². The van der Waals surface area contributed by atoms with Crippen LogP contribution in [0, 0.1) is 25.7 Å². The number of nitrogens with one attached hydrogen (secondary N) is 1. The molecule has 3 aromatic rings. The fourth-order valence-corrected chi connectivity index (χ4v) is 7.42. The number of aryl methyl sites for hydroxylation is 2. The molecule has 1 fully saturated rings. The summed E-state index contributed by atoms with van der Waals surface area (Å²) in [6.07, 6.45) is -0.0191. The second kappa shape index (κ2) is 7.92. The van der Waals surface area contributed by atoms with Crippen LogP contribution >= 0.6 is 23.2 Å². The first kappa shape index (κ1) is 23.3. The topological polar surface area (TPSA) is 66.5 Å². The summed E-state index contributed by atoms with van der Waals surface area (Å²) < 4.78 is 0. The third kappa shape index (κ3) is 2.93. The molecule has 0 spiro atoms. The van der Waals surface area contributed by atoms with Crippen molar-refractivity contribution in [2.24, 2.45) is 11.8 Å². The highest BCUT2D eigenvalue weighted by Gasteiger charge is 2.72. The molecule has 2 bridgehead atoms. The number of carbonyl (C=O) groups is 3. The van der Waals surface area contributed by atoms with E-state index in [4.69, 9.17) is 23.2 Å². The van der Waals surface area contributed by atoms with Crippen LogP contribution in [0.5, 0.6) is 0 Å². The third-order valence-corrected chi connectivity index (χ3v) is 9.18. The smallest absolute Gasteiger partial charge is 0.235 e. The molecule has 0 radical (unpaired) electrons. The Balaban J connectivity index is 1.33. The van der Waals surface area contributed by atoms with Gasteiger partial charge in [0.15, 0.2) is 0 Å². The number of benzene rings is 3. The van der Waals surface area contributed by atoms with E-state index in [1.807, 2.05) is 80.6 Å². The number of likely N-dealkylation sites (tertiary alicyclic amines) is 1. The van der Waals surface area contributed by atoms with Crippen molar-refractivity contribution in [3.63, 3.8) is 0 Å². The number of hydrogen-bond donors (Lipinski definition) is 1. The second-order valence-electron chi connectivity index (χ2n) is 9.91. The first-order chi connectivity index (χ1) is 17.2. The van der Waals surface area contributed by atoms with Crippen molar-refractivity contribution < 1.29 is 14.4 Å². The van der Waals surface area contributed by atoms with Crippen molar-refractivity contribution >= 4 is 46.6 Å². The number of halogens is 2. The maximum Gasteiger partial charge on any atom is 0.235 e. The van der Waals surface area contributed by atoms with Crippen LogP contribution in [0.15, 0.2) is 66.7 Å². The molecule has 0 saturated carbocycles. The minimum atomic E-state index is -1.21. The van der Waals surface area contributed by atoms with Crippen molar-refractivity contribution in [3.8, 4) is 0 Å². The minimum absolute atomic E-state index is 0.0191. The summed E-state index contributed by atoms with van der Waals surface area (Å²) in [6, 6.07) is 20.8. The van der Waals surface area contributed by atoms with Gasteiger partial charge >= 0.3 is 0 Å². The maximum absolute atomic E-state index is 13.8. The van der Waals surface area contributed by atoms with E-state index in [0.29, 0.717) is 5.69 Å². The van der Waals surface area contributed by atoms with Crippen molar-refractivity contribution in [2.75, 3.05) is 11.9 Å². The predicted molar refractivity (Wildman–Crippen MR) is 139 cm³/mol. The molecule has 0 aromatic heterocycles. The van der Waals surface area contributed by atoms with E-state index in [-0.39, 0.29) is 30.7 Å². The molecule has 36 heavy (non-hydrogen) atoms. The largest absolute Gasteiger partial charge is 0.326 e. The van der Waals surface area contributed by atoms with Gasteiger partial charge in [-0.05, 0) is 47.7 Å². The average Bonchev–Trinajstić information content (AvgIpc) is 3.13. The summed E-state index contributed by atoms with van der Waals surface area (Å²) in [5, 5.41) is 2.89. The van der Waals surface area contributed by atoms with E-state index < -0.39 is 21.6 Å². The molecule has 5 nitrogen and oxygen atoms in total. The molecule has 1 heterocycles. The maximum atomic E-state index is 13.8. The third-order valence-electron chi connectivity index (χ3n) is 7.90. The van der Waals surface area contributed by atoms with Gasteiger partial charge in [0.25, 0.3) is 0 Å². The lowest BCUT2D eigenvalue weighted by Gasteiger charge is -2.54. The molecule has 0 unspecified atom stereocenters. The zero-order valence-corrected chi connectivity index (χ0v) is 21.4. The van der Waals surface area contributed by atoms with Crippen LogP contribution in [0.3, 0.4) is 0 Å². The van der Waals surface area contributed by atoms with Gasteiger partial charge in [-0.25, -0.2) is 0 Å². The average molecular weight is 519 g/mol. The van der Waals surface area contributed by atoms with Gasteiger partial charge < -0.3 is 5.32 Å². The molecule has 2 atom stereocenters. The number of hydrogen-bond acceptors (Lipinski definition) is 3. The number of carbonyl (C=O) groups excluding carboxylic acids is 3. The Morgan fingerprint density at radius 2 is 1.31 bits per heavy atom. The Hall–Kier alpha value is -3.15. The molecule has 3 aliphatic carbocycles. The first-order valence-corrected chi connectivity index (χ1v) is 12.7. The standard InChI is InChI=1S/C29H24Cl2N2O3/c1-16-11-12-22(17(2)15-16)32-23(34)13-14-33-26(35)24-25(27(33)36)29(31)19-8-4-3-7-18(19)28(24,30)20-9-5-6-10-21(20)29/h3-12,15,24-25H,13-14H2,1-2H3,(H,32,34)/t24-,25+,28?,29?. The molecular weight excluding hydrogens is 495 g/mol. The van der Waals surface area contributed by atoms with E-state index in [9.17, 15) is 14.4 Å². The van der Waals surface area contributed by atoms with Crippen molar-refractivity contribution in [1.29, 1.82) is 0 Å². The molecule has 7 heteroatoms. The van der Waals surface area contributed by atoms with Gasteiger partial charge in [0.05, 0.1) is 11.8 Å². The number of nitrogens with zero attached hydrogens (tertiary/aromatic N) is 1. The molecule has 182 valence electrons. The molecule has 1 aliphatic heterocycles. The lowest BCUT2D eigenvalue weighted by atomic mass is 9.54. The summed E-state index contributed by atoms with van der Waals surface area (Å²) in [5.74, 6) is -2.73. The Kier molecular flexibility index (Phi) is 5.12. The van der Waals surface area contributed by atoms with Crippen LogP contribution < -0.4 is 5.32 Å². The summed E-state index contributed by atoms with van der Waals surface area (Å²) in [6.45, 7) is 3.87. The highest BCUT2D eigenvalue weighted by Crippen LogP contribution is 2.69. The number of amides is 3. The van der Waals surface area contributed by atoms with Gasteiger partial charge in [0, 0.05) is 18.7 Å². The van der Waals surface area contributed by atoms with Crippen LogP contribution in [0.2, 0.25) is 0 Å². The highest BCUT2D eigenvalue weighted by molar-refractivity contribution is 6.36. The van der Waals surface area contributed by atoms with E-state index in [2.05, 4.69) is 5.32 Å². The Labute approximate surface area is 219 Å². The molecular formula is C29H24Cl2N2O3. The summed E-state index contributed by atoms with van der Waals surface area (Å²) in [4.78, 5) is 39.1. The van der Waals surface area contributed by atoms with E-state index in [1.54, 1.807) is 0 Å². The Bertz CT molecular complexity index is 1340. The van der Waals surface area contributed by atoms with E-state index in [1.165, 1.54) is 4.90 Å². The van der Waals surface area contributed by atoms with Crippen LogP contribution in [-0.4, -0.2) is 29.2 Å². The van der Waals surface area contributed by atoms with Crippen LogP contribution in [-0.2, 0) is 24.1 Å². The van der Waals surface area contributed by atoms with Gasteiger partial charge in [-0.1, -0.05) is 66.2 Å². The fraction of sp³-hybridized carbons (Fsp3) is 0.276. The van der Waals surface area contributed by atoms with Gasteiger partial charge in [-0.15, -0.1) is 23.2 Å². The lowest BCUT2D eigenvalue weighted by molar-refractivity contribution is -0.140. The van der Waals surface area contributed by atoms with Gasteiger partial charge in [0.2, 0.25) is 17.7 Å². The number of imide groups is 1. The quantitative estimate of drug-likeness (QED) is 0.380. The monoisotopic (exact) mass is 518 g/mol. The molecule has 3 amide bonds. The van der Waals surface area contributed by atoms with Crippen LogP contribution in [0.1, 0.15) is 39.8 Å². The molecule has 7 rings (SSSR count). The summed E-state index contributed by atoms with van der Waals surface area (Å²) in [5.41, 5.74) is 5.80. The molecule has 1 saturated heterocycles. The second-order valence-corrected chi connectivity index (χ2v) is 11.1. The van der Waals surface area contributed by atoms with Crippen LogP contribution in [0.25, 0.3) is 0 Å². The highest BCUT2D eigenvalue weighted by atomic mass is 35.5. The summed E-state index contributed by atoms with van der Waals surface area (Å²) in [7, 11) is 0. The van der Waals surface area contributed by atoms with E-state index in [0.717, 1.165) is 33.4 Å². The van der Waals surface area contributed by atoms with Gasteiger partial charge in [0.1, 0.15) is 9.75 Å². The molecule has 4 aliphatic rings. The number of alkyl halides is 2. The number of rotatable bonds is 4. The number of anilines is 1. The van der Waals surface area contributed by atoms with Crippen molar-refractivity contribution in [2.45, 2.75) is 30.0 Å². The SMILES string of the molecule is Cc1ccc(NC(=O)CCN2C(=O)[C@@H]3[C@H](C2=O)C2(Cl)c4ccccc4C3(Cl)c3ccccc32)c(C)c1. The van der Waals surface area contributed by atoms with Gasteiger partial charge in [-0.2, -0.15) is 0 Å². The van der Waals surface area contributed by atoms with Gasteiger partial charge in [-0.3, -0.25) is 19.3 Å². The zero-order chi connectivity index (χ0) is 25.4. The molecule has 3 aromatic carbocycles. The minimum Gasteiger partial charge on any atom is -0.326 e. The predicted octanol–water partition coefficient (Wildman–Crippen LogP) is 5.23. The van der Waals surface area contributed by atoms with Crippen molar-refractivity contribution in [3.05, 3.63) is 100 Å². The summed E-state index contributed by atoms with van der Waals surface area (Å²) >= 11 is 14.8. The first-order valence-electron chi connectivity index (χ1n) is 12.0. The molecule has 1 N–H and O–H groups in total. The normalized spacial score (nSPS) is 27.5. The Morgan fingerprint density at radius 3 is 1.75 bits per heavy atom. The van der Waals surface area contributed by atoms with E-state index >= 15 is 0 Å². The lowest BCUT2D eigenvalue weighted by Crippen LogP contribution is -2.57.